The van der Waals surface area contributed by atoms with Crippen LogP contribution in [0.15, 0.2) is 24.7 Å². The molecule has 0 radical (unpaired) electrons. The molecule has 0 saturated carbocycles. The number of aromatic amines is 1. The molecule has 1 fully saturated rings. The fourth-order valence-corrected chi connectivity index (χ4v) is 3.05. The SMILES string of the molecule is Cn1nccc1[C@@H]1OCCC[C@H]1CNC(=O)CCc1cn[nH]c1. The maximum Gasteiger partial charge on any atom is 0.220 e. The molecule has 3 heterocycles. The molecule has 1 amide bonds. The monoisotopic (exact) mass is 317 g/mol. The van der Waals surface area contributed by atoms with Gasteiger partial charge in [-0.25, -0.2) is 0 Å². The number of carbonyl (C=O) groups is 1. The molecule has 0 aromatic carbocycles. The summed E-state index contributed by atoms with van der Waals surface area (Å²) in [6.07, 6.45) is 8.63. The van der Waals surface area contributed by atoms with Crippen molar-refractivity contribution in [1.29, 1.82) is 0 Å². The summed E-state index contributed by atoms with van der Waals surface area (Å²) in [6.45, 7) is 1.40. The molecule has 1 saturated heterocycles. The second kappa shape index (κ2) is 7.41. The van der Waals surface area contributed by atoms with Crippen LogP contribution in [0.1, 0.15) is 36.6 Å². The number of aryl methyl sites for hydroxylation is 2. The van der Waals surface area contributed by atoms with E-state index in [1.807, 2.05) is 24.0 Å². The number of rotatable bonds is 6. The molecular formula is C16H23N5O2. The second-order valence-electron chi connectivity index (χ2n) is 5.98. The summed E-state index contributed by atoms with van der Waals surface area (Å²) >= 11 is 0. The Hall–Kier alpha value is -2.15. The number of nitrogens with one attached hydrogen (secondary N) is 2. The lowest BCUT2D eigenvalue weighted by molar-refractivity contribution is -0.121. The Kier molecular flexibility index (Phi) is 5.07. The third kappa shape index (κ3) is 3.98. The summed E-state index contributed by atoms with van der Waals surface area (Å²) in [6, 6.07) is 1.99. The number of aromatic nitrogens is 4. The molecule has 23 heavy (non-hydrogen) atoms. The van der Waals surface area contributed by atoms with Gasteiger partial charge in [0.25, 0.3) is 0 Å². The Balaban J connectivity index is 1.51. The van der Waals surface area contributed by atoms with Gasteiger partial charge in [0.2, 0.25) is 5.91 Å². The van der Waals surface area contributed by atoms with Crippen molar-refractivity contribution in [3.05, 3.63) is 35.9 Å². The summed E-state index contributed by atoms with van der Waals surface area (Å²) in [4.78, 5) is 12.0. The Morgan fingerprint density at radius 1 is 1.57 bits per heavy atom. The molecule has 124 valence electrons. The van der Waals surface area contributed by atoms with Gasteiger partial charge in [-0.3, -0.25) is 14.6 Å². The second-order valence-corrected chi connectivity index (χ2v) is 5.98. The van der Waals surface area contributed by atoms with Gasteiger partial charge in [-0.15, -0.1) is 0 Å². The van der Waals surface area contributed by atoms with E-state index in [1.165, 1.54) is 0 Å². The summed E-state index contributed by atoms with van der Waals surface area (Å²) in [5.74, 6) is 0.359. The first-order chi connectivity index (χ1) is 11.2. The fourth-order valence-electron chi connectivity index (χ4n) is 3.05. The smallest absolute Gasteiger partial charge is 0.220 e. The first-order valence-corrected chi connectivity index (χ1v) is 8.08. The summed E-state index contributed by atoms with van der Waals surface area (Å²) in [5.41, 5.74) is 2.12. The molecule has 1 aliphatic heterocycles. The largest absolute Gasteiger partial charge is 0.372 e. The molecule has 3 rings (SSSR count). The summed E-state index contributed by atoms with van der Waals surface area (Å²) < 4.78 is 7.79. The quantitative estimate of drug-likeness (QED) is 0.842. The van der Waals surface area contributed by atoms with Gasteiger partial charge in [-0.2, -0.15) is 10.2 Å². The maximum absolute atomic E-state index is 12.0. The number of amides is 1. The Bertz CT molecular complexity index is 622. The first-order valence-electron chi connectivity index (χ1n) is 8.08. The van der Waals surface area contributed by atoms with Gasteiger partial charge in [0.15, 0.2) is 0 Å². The van der Waals surface area contributed by atoms with Crippen LogP contribution in [-0.2, 0) is 23.0 Å². The van der Waals surface area contributed by atoms with E-state index in [0.717, 1.165) is 30.7 Å². The van der Waals surface area contributed by atoms with Crippen LogP contribution >= 0.6 is 0 Å². The maximum atomic E-state index is 12.0. The van der Waals surface area contributed by atoms with Crippen molar-refractivity contribution >= 4 is 5.91 Å². The van der Waals surface area contributed by atoms with Crippen LogP contribution < -0.4 is 5.32 Å². The molecule has 0 spiro atoms. The van der Waals surface area contributed by atoms with E-state index in [9.17, 15) is 4.79 Å². The predicted octanol–water partition coefficient (Wildman–Crippen LogP) is 1.36. The molecule has 2 N–H and O–H groups in total. The molecule has 0 unspecified atom stereocenters. The summed E-state index contributed by atoms with van der Waals surface area (Å²) in [5, 5.41) is 13.9. The van der Waals surface area contributed by atoms with Crippen LogP contribution in [-0.4, -0.2) is 39.0 Å². The van der Waals surface area contributed by atoms with Crippen molar-refractivity contribution in [2.75, 3.05) is 13.2 Å². The third-order valence-electron chi connectivity index (χ3n) is 4.35. The lowest BCUT2D eigenvalue weighted by Crippen LogP contribution is -2.35. The number of hydrogen-bond acceptors (Lipinski definition) is 4. The highest BCUT2D eigenvalue weighted by Crippen LogP contribution is 2.32. The van der Waals surface area contributed by atoms with Crippen LogP contribution in [0.3, 0.4) is 0 Å². The standard InChI is InChI=1S/C16H23N5O2/c1-21-14(6-7-20-21)16-13(3-2-8-23-16)11-17-15(22)5-4-12-9-18-19-10-12/h6-7,9-10,13,16H,2-5,8,11H2,1H3,(H,17,22)(H,18,19)/t13-,16+/m0/s1. The van der Waals surface area contributed by atoms with Crippen molar-refractivity contribution in [1.82, 2.24) is 25.3 Å². The van der Waals surface area contributed by atoms with Crippen molar-refractivity contribution in [2.45, 2.75) is 31.8 Å². The molecule has 1 aliphatic rings. The molecule has 2 aromatic rings. The Morgan fingerprint density at radius 3 is 3.22 bits per heavy atom. The number of hydrogen-bond donors (Lipinski definition) is 2. The van der Waals surface area contributed by atoms with E-state index in [1.54, 1.807) is 12.4 Å². The zero-order chi connectivity index (χ0) is 16.1. The van der Waals surface area contributed by atoms with Gasteiger partial charge in [-0.05, 0) is 30.9 Å². The zero-order valence-electron chi connectivity index (χ0n) is 13.4. The van der Waals surface area contributed by atoms with Crippen molar-refractivity contribution in [2.24, 2.45) is 13.0 Å². The molecule has 0 aliphatic carbocycles. The lowest BCUT2D eigenvalue weighted by atomic mass is 9.92. The van der Waals surface area contributed by atoms with Crippen molar-refractivity contribution in [3.63, 3.8) is 0 Å². The van der Waals surface area contributed by atoms with Gasteiger partial charge in [0.05, 0.1) is 11.9 Å². The zero-order valence-corrected chi connectivity index (χ0v) is 13.4. The van der Waals surface area contributed by atoms with Gasteiger partial charge in [-0.1, -0.05) is 0 Å². The van der Waals surface area contributed by atoms with Crippen molar-refractivity contribution < 1.29 is 9.53 Å². The molecule has 7 nitrogen and oxygen atoms in total. The van der Waals surface area contributed by atoms with E-state index in [0.29, 0.717) is 19.4 Å². The van der Waals surface area contributed by atoms with E-state index >= 15 is 0 Å². The minimum atomic E-state index is 0.00502. The average Bonchev–Trinajstić information content (AvgIpc) is 3.22. The first kappa shape index (κ1) is 15.7. The molecule has 0 bridgehead atoms. The highest BCUT2D eigenvalue weighted by atomic mass is 16.5. The topological polar surface area (TPSA) is 84.8 Å². The van der Waals surface area contributed by atoms with Gasteiger partial charge < -0.3 is 10.1 Å². The average molecular weight is 317 g/mol. The lowest BCUT2D eigenvalue weighted by Gasteiger charge is -2.32. The molecule has 2 aromatic heterocycles. The Morgan fingerprint density at radius 2 is 2.48 bits per heavy atom. The minimum Gasteiger partial charge on any atom is -0.372 e. The predicted molar refractivity (Wildman–Crippen MR) is 84.5 cm³/mol. The van der Waals surface area contributed by atoms with Crippen LogP contribution in [0.5, 0.6) is 0 Å². The van der Waals surface area contributed by atoms with Gasteiger partial charge >= 0.3 is 0 Å². The molecular weight excluding hydrogens is 294 g/mol. The highest BCUT2D eigenvalue weighted by molar-refractivity contribution is 5.76. The van der Waals surface area contributed by atoms with Gasteiger partial charge in [0, 0.05) is 44.9 Å². The minimum absolute atomic E-state index is 0.00502. The fraction of sp³-hybridized carbons (Fsp3) is 0.562. The number of carbonyl (C=O) groups excluding carboxylic acids is 1. The third-order valence-corrected chi connectivity index (χ3v) is 4.35. The van der Waals surface area contributed by atoms with Gasteiger partial charge in [0.1, 0.15) is 6.10 Å². The van der Waals surface area contributed by atoms with E-state index in [2.05, 4.69) is 20.6 Å². The Labute approximate surface area is 135 Å². The van der Waals surface area contributed by atoms with Crippen LogP contribution in [0.4, 0.5) is 0 Å². The normalized spacial score (nSPS) is 21.3. The highest BCUT2D eigenvalue weighted by Gasteiger charge is 2.29. The van der Waals surface area contributed by atoms with Crippen LogP contribution in [0.2, 0.25) is 0 Å². The van der Waals surface area contributed by atoms with Crippen LogP contribution in [0.25, 0.3) is 0 Å². The van der Waals surface area contributed by atoms with E-state index in [-0.39, 0.29) is 17.9 Å². The molecule has 7 heteroatoms. The number of ether oxygens (including phenoxy) is 1. The van der Waals surface area contributed by atoms with Crippen LogP contribution in [0, 0.1) is 5.92 Å². The summed E-state index contributed by atoms with van der Waals surface area (Å²) in [7, 11) is 1.92. The molecule has 2 atom stereocenters. The number of nitrogens with zero attached hydrogens (tertiary/aromatic N) is 3. The van der Waals surface area contributed by atoms with E-state index < -0.39 is 0 Å². The van der Waals surface area contributed by atoms with E-state index in [4.69, 9.17) is 4.74 Å². The van der Waals surface area contributed by atoms with Crippen molar-refractivity contribution in [3.8, 4) is 0 Å². The number of H-pyrrole nitrogens is 1.